The lowest BCUT2D eigenvalue weighted by molar-refractivity contribution is -0.138. The van der Waals surface area contributed by atoms with Gasteiger partial charge < -0.3 is 10.6 Å². The molecule has 9 heteroatoms. The molecule has 4 nitrogen and oxygen atoms in total. The third kappa shape index (κ3) is 8.77. The third-order valence-electron chi connectivity index (χ3n) is 3.29. The Kier molecular flexibility index (Phi) is 9.99. The summed E-state index contributed by atoms with van der Waals surface area (Å²) in [4.78, 5) is 8.85. The van der Waals surface area contributed by atoms with Crippen LogP contribution in [0.15, 0.2) is 6.20 Å². The molecular formula is C13H24ClF3N4S. The molecule has 0 saturated heterocycles. The van der Waals surface area contributed by atoms with Crippen LogP contribution in [0.4, 0.5) is 18.3 Å². The molecule has 2 N–H and O–H groups in total. The van der Waals surface area contributed by atoms with E-state index < -0.39 is 12.6 Å². The Balaban J connectivity index is 0.00000441. The predicted octanol–water partition coefficient (Wildman–Crippen LogP) is 3.24. The zero-order valence-electron chi connectivity index (χ0n) is 12.9. The van der Waals surface area contributed by atoms with Gasteiger partial charge >= 0.3 is 6.18 Å². The first-order valence-electron chi connectivity index (χ1n) is 7.05. The molecule has 0 aromatic carbocycles. The van der Waals surface area contributed by atoms with Crippen molar-refractivity contribution in [3.05, 3.63) is 11.1 Å². The molecule has 22 heavy (non-hydrogen) atoms. The number of anilines is 1. The normalized spacial score (nSPS) is 12.0. The summed E-state index contributed by atoms with van der Waals surface area (Å²) in [6.45, 7) is 7.73. The van der Waals surface area contributed by atoms with Crippen LogP contribution < -0.4 is 5.73 Å². The maximum atomic E-state index is 12.4. The van der Waals surface area contributed by atoms with Gasteiger partial charge in [0.1, 0.15) is 0 Å². The van der Waals surface area contributed by atoms with E-state index in [4.69, 9.17) is 5.73 Å². The van der Waals surface area contributed by atoms with Crippen LogP contribution in [0.25, 0.3) is 0 Å². The Labute approximate surface area is 139 Å². The Morgan fingerprint density at radius 3 is 2.18 bits per heavy atom. The van der Waals surface area contributed by atoms with E-state index in [-0.39, 0.29) is 19.0 Å². The molecule has 0 saturated carbocycles. The second-order valence-electron chi connectivity index (χ2n) is 4.83. The van der Waals surface area contributed by atoms with E-state index in [1.807, 2.05) is 18.7 Å². The molecule has 1 aromatic rings. The van der Waals surface area contributed by atoms with Gasteiger partial charge in [0, 0.05) is 37.3 Å². The van der Waals surface area contributed by atoms with Crippen LogP contribution in [0, 0.1) is 0 Å². The first-order chi connectivity index (χ1) is 9.84. The van der Waals surface area contributed by atoms with Crippen molar-refractivity contribution in [2.45, 2.75) is 33.0 Å². The second kappa shape index (κ2) is 10.3. The fraction of sp³-hybridized carbons (Fsp3) is 0.769. The summed E-state index contributed by atoms with van der Waals surface area (Å²) < 4.78 is 37.3. The lowest BCUT2D eigenvalue weighted by Gasteiger charge is -2.26. The third-order valence-corrected chi connectivity index (χ3v) is 4.10. The number of halogens is 4. The Bertz CT molecular complexity index is 410. The highest BCUT2D eigenvalue weighted by atomic mass is 35.5. The van der Waals surface area contributed by atoms with E-state index in [0.29, 0.717) is 18.2 Å². The van der Waals surface area contributed by atoms with Gasteiger partial charge in [-0.3, -0.25) is 4.90 Å². The number of hydrogen-bond acceptors (Lipinski definition) is 5. The average Bonchev–Trinajstić information content (AvgIpc) is 2.81. The standard InChI is InChI=1S/C13H23F3N4S.ClH/c1-3-19(4-2)7-8-20(6-5-13(14,15)16)10-11-9-18-12(17)21-11;/h9H,3-8,10H2,1-2H3,(H2,17,18);1H. The summed E-state index contributed by atoms with van der Waals surface area (Å²) in [5, 5.41) is 0.449. The summed E-state index contributed by atoms with van der Waals surface area (Å²) >= 11 is 1.33. The minimum Gasteiger partial charge on any atom is -0.375 e. The molecular weight excluding hydrogens is 337 g/mol. The minimum atomic E-state index is -4.12. The van der Waals surface area contributed by atoms with Crippen molar-refractivity contribution < 1.29 is 13.2 Å². The molecule has 0 spiro atoms. The predicted molar refractivity (Wildman–Crippen MR) is 87.5 cm³/mol. The molecule has 0 atom stereocenters. The number of alkyl halides is 3. The number of nitrogen functional groups attached to an aromatic ring is 1. The molecule has 0 aliphatic heterocycles. The molecule has 0 fully saturated rings. The van der Waals surface area contributed by atoms with Gasteiger partial charge in [0.15, 0.2) is 5.13 Å². The molecule has 0 unspecified atom stereocenters. The monoisotopic (exact) mass is 360 g/mol. The lowest BCUT2D eigenvalue weighted by Crippen LogP contribution is -2.36. The molecule has 1 aromatic heterocycles. The van der Waals surface area contributed by atoms with Gasteiger partial charge in [-0.15, -0.1) is 23.7 Å². The van der Waals surface area contributed by atoms with Gasteiger partial charge in [0.05, 0.1) is 6.42 Å². The van der Waals surface area contributed by atoms with Crippen LogP contribution in [0.1, 0.15) is 25.1 Å². The van der Waals surface area contributed by atoms with Crippen LogP contribution in [0.5, 0.6) is 0 Å². The van der Waals surface area contributed by atoms with E-state index in [9.17, 15) is 13.2 Å². The topological polar surface area (TPSA) is 45.4 Å². The van der Waals surface area contributed by atoms with Crippen LogP contribution in [0.3, 0.4) is 0 Å². The molecule has 0 aliphatic carbocycles. The van der Waals surface area contributed by atoms with Gasteiger partial charge in [-0.05, 0) is 13.1 Å². The van der Waals surface area contributed by atoms with Gasteiger partial charge in [0.2, 0.25) is 0 Å². The smallest absolute Gasteiger partial charge is 0.375 e. The summed E-state index contributed by atoms with van der Waals surface area (Å²) in [5.41, 5.74) is 5.56. The summed E-state index contributed by atoms with van der Waals surface area (Å²) in [6.07, 6.45) is -3.28. The van der Waals surface area contributed by atoms with Crippen LogP contribution in [0.2, 0.25) is 0 Å². The first kappa shape index (κ1) is 21.4. The molecule has 1 rings (SSSR count). The van der Waals surface area contributed by atoms with E-state index in [0.717, 1.165) is 24.5 Å². The zero-order valence-corrected chi connectivity index (χ0v) is 14.5. The number of nitrogens with zero attached hydrogens (tertiary/aromatic N) is 3. The highest BCUT2D eigenvalue weighted by Gasteiger charge is 2.27. The number of rotatable bonds is 9. The quantitative estimate of drug-likeness (QED) is 0.734. The summed E-state index contributed by atoms with van der Waals surface area (Å²) in [6, 6.07) is 0. The van der Waals surface area contributed by atoms with Gasteiger partial charge in [-0.2, -0.15) is 13.2 Å². The van der Waals surface area contributed by atoms with Crippen LogP contribution in [-0.4, -0.2) is 53.7 Å². The fourth-order valence-corrected chi connectivity index (χ4v) is 2.72. The number of thiazole rings is 1. The van der Waals surface area contributed by atoms with Gasteiger partial charge in [-0.25, -0.2) is 4.98 Å². The number of aromatic nitrogens is 1. The SMILES string of the molecule is CCN(CC)CCN(CCC(F)(F)F)Cc1cnc(N)s1.Cl. The summed E-state index contributed by atoms with van der Waals surface area (Å²) in [5.74, 6) is 0. The Morgan fingerprint density at radius 1 is 1.14 bits per heavy atom. The van der Waals surface area contributed by atoms with E-state index in [1.54, 1.807) is 6.20 Å². The molecule has 0 aliphatic rings. The number of likely N-dealkylation sites (N-methyl/N-ethyl adjacent to an activating group) is 1. The van der Waals surface area contributed by atoms with E-state index in [1.165, 1.54) is 11.3 Å². The highest BCUT2D eigenvalue weighted by molar-refractivity contribution is 7.15. The average molecular weight is 361 g/mol. The van der Waals surface area contributed by atoms with Crippen molar-refractivity contribution in [3.8, 4) is 0 Å². The van der Waals surface area contributed by atoms with Crippen molar-refractivity contribution >= 4 is 28.9 Å². The lowest BCUT2D eigenvalue weighted by atomic mass is 10.3. The molecule has 0 amide bonds. The second-order valence-corrected chi connectivity index (χ2v) is 5.98. The van der Waals surface area contributed by atoms with Crippen molar-refractivity contribution in [1.29, 1.82) is 0 Å². The molecule has 0 radical (unpaired) electrons. The summed E-state index contributed by atoms with van der Waals surface area (Å²) in [7, 11) is 0. The zero-order chi connectivity index (χ0) is 15.9. The molecule has 0 bridgehead atoms. The van der Waals surface area contributed by atoms with Crippen LogP contribution in [-0.2, 0) is 6.54 Å². The van der Waals surface area contributed by atoms with E-state index >= 15 is 0 Å². The van der Waals surface area contributed by atoms with Gasteiger partial charge in [-0.1, -0.05) is 13.8 Å². The van der Waals surface area contributed by atoms with Crippen LogP contribution >= 0.6 is 23.7 Å². The number of nitrogens with two attached hydrogens (primary N) is 1. The van der Waals surface area contributed by atoms with Gasteiger partial charge in [0.25, 0.3) is 0 Å². The Hall–Kier alpha value is -0.570. The van der Waals surface area contributed by atoms with Crippen molar-refractivity contribution in [1.82, 2.24) is 14.8 Å². The van der Waals surface area contributed by atoms with Crippen molar-refractivity contribution in [2.75, 3.05) is 38.5 Å². The molecule has 1 heterocycles. The van der Waals surface area contributed by atoms with E-state index in [2.05, 4.69) is 9.88 Å². The number of hydrogen-bond donors (Lipinski definition) is 1. The largest absolute Gasteiger partial charge is 0.390 e. The maximum Gasteiger partial charge on any atom is 0.390 e. The first-order valence-corrected chi connectivity index (χ1v) is 7.87. The fourth-order valence-electron chi connectivity index (χ4n) is 1.99. The van der Waals surface area contributed by atoms with Crippen molar-refractivity contribution in [3.63, 3.8) is 0 Å². The van der Waals surface area contributed by atoms with Crippen molar-refractivity contribution in [2.24, 2.45) is 0 Å². The highest BCUT2D eigenvalue weighted by Crippen LogP contribution is 2.21. The Morgan fingerprint density at radius 2 is 1.73 bits per heavy atom. The minimum absolute atomic E-state index is 0. The molecule has 130 valence electrons. The maximum absolute atomic E-state index is 12.4.